The molecule has 0 atom stereocenters. The van der Waals surface area contributed by atoms with Crippen molar-refractivity contribution in [3.63, 3.8) is 0 Å². The summed E-state index contributed by atoms with van der Waals surface area (Å²) >= 11 is 4.64. The summed E-state index contributed by atoms with van der Waals surface area (Å²) in [6.45, 7) is 13.9. The van der Waals surface area contributed by atoms with Crippen molar-refractivity contribution in [3.05, 3.63) is 310 Å². The molecule has 0 aliphatic carbocycles. The monoisotopic (exact) mass is 1510 g/mol. The number of benzene rings is 12. The maximum atomic E-state index is 13.1. The number of nitrogens with one attached hydrogen (secondary N) is 5. The highest BCUT2D eigenvalue weighted by Gasteiger charge is 2.22. The number of para-hydroxylation sites is 4. The van der Waals surface area contributed by atoms with E-state index in [4.69, 9.17) is 24.0 Å². The van der Waals surface area contributed by atoms with Crippen LogP contribution in [-0.4, -0.2) is 96.3 Å². The molecular weight excluding hydrogens is 1420 g/mol. The van der Waals surface area contributed by atoms with Gasteiger partial charge in [-0.15, -0.1) is 0 Å². The molecule has 0 spiro atoms. The number of hydrogen-bond acceptors (Lipinski definition) is 17. The first-order chi connectivity index (χ1) is 53.8. The molecule has 22 nitrogen and oxygen atoms in total. The fourth-order valence-electron chi connectivity index (χ4n) is 11.7. The molecule has 0 radical (unpaired) electrons. The first kappa shape index (κ1) is 80.1. The second kappa shape index (κ2) is 40.5. The fourth-order valence-corrected chi connectivity index (χ4v) is 11.7. The normalized spacial score (nSPS) is 10.5. The van der Waals surface area contributed by atoms with Crippen molar-refractivity contribution in [2.45, 2.75) is 74.1 Å². The number of phenols is 2. The van der Waals surface area contributed by atoms with Crippen LogP contribution in [0.4, 0.5) is 11.4 Å². The number of carbonyl (C=O) groups is 5. The zero-order chi connectivity index (χ0) is 78.4. The lowest BCUT2D eigenvalue weighted by molar-refractivity contribution is -0.217. The van der Waals surface area contributed by atoms with Crippen LogP contribution < -0.4 is 39.9 Å². The van der Waals surface area contributed by atoms with Crippen LogP contribution in [0.2, 0.25) is 0 Å². The predicted molar refractivity (Wildman–Crippen MR) is 433 cm³/mol. The summed E-state index contributed by atoms with van der Waals surface area (Å²) < 4.78 is 16.9. The van der Waals surface area contributed by atoms with Gasteiger partial charge in [-0.3, -0.25) is 19.2 Å². The third kappa shape index (κ3) is 23.5. The lowest BCUT2D eigenvalue weighted by Gasteiger charge is -2.23. The maximum Gasteiger partial charge on any atom is 0.343 e. The zero-order valence-corrected chi connectivity index (χ0v) is 63.0. The largest absolute Gasteiger partial charge is 0.506 e. The zero-order valence-electron chi connectivity index (χ0n) is 62.2. The predicted octanol–water partition coefficient (Wildman–Crippen LogP) is 17.3. The van der Waals surface area contributed by atoms with Gasteiger partial charge in [-0.25, -0.2) is 4.79 Å². The van der Waals surface area contributed by atoms with Gasteiger partial charge in [0.05, 0.1) is 36.4 Å². The van der Waals surface area contributed by atoms with Gasteiger partial charge in [-0.1, -0.05) is 163 Å². The highest BCUT2D eigenvalue weighted by atomic mass is 35.5. The van der Waals surface area contributed by atoms with Gasteiger partial charge in [0, 0.05) is 55.6 Å². The summed E-state index contributed by atoms with van der Waals surface area (Å²) in [4.78, 5) is 71.6. The van der Waals surface area contributed by atoms with Crippen LogP contribution in [0.1, 0.15) is 96.7 Å². The Morgan fingerprint density at radius 3 is 1.45 bits per heavy atom. The van der Waals surface area contributed by atoms with Crippen molar-refractivity contribution in [2.24, 2.45) is 0 Å². The van der Waals surface area contributed by atoms with Gasteiger partial charge in [0.15, 0.2) is 5.75 Å². The average Bonchev–Trinajstić information content (AvgIpc) is 1.12. The Balaban J connectivity index is 0.000000161. The number of phenolic OH excluding ortho intramolecular Hbond substituents is 2. The molecular formula is C88H85ClN10O12. The molecule has 2 heterocycles. The first-order valence-electron chi connectivity index (χ1n) is 35.8. The number of carbonyl (C=O) groups excluding carboxylic acids is 5. The molecule has 566 valence electrons. The van der Waals surface area contributed by atoms with E-state index in [1.807, 2.05) is 215 Å². The Kier molecular flexibility index (Phi) is 29.2. The van der Waals surface area contributed by atoms with Gasteiger partial charge >= 0.3 is 5.97 Å². The second-order valence-electron chi connectivity index (χ2n) is 25.6. The van der Waals surface area contributed by atoms with Gasteiger partial charge < -0.3 is 50.2 Å². The summed E-state index contributed by atoms with van der Waals surface area (Å²) in [7, 11) is 0. The molecule has 0 aliphatic rings. The van der Waals surface area contributed by atoms with Gasteiger partial charge in [-0.05, 0) is 194 Å². The molecule has 0 saturated heterocycles. The Labute approximate surface area is 647 Å². The molecule has 7 N–H and O–H groups in total. The quantitative estimate of drug-likeness (QED) is 0.00739. The molecule has 2 aromatic heterocycles. The van der Waals surface area contributed by atoms with Gasteiger partial charge in [-0.2, -0.15) is 35.7 Å². The summed E-state index contributed by atoms with van der Waals surface area (Å²) in [5.74, 6) is 1.63. The molecule has 14 aromatic rings. The second-order valence-corrected chi connectivity index (χ2v) is 26.1. The number of rotatable bonds is 24. The van der Waals surface area contributed by atoms with Crippen molar-refractivity contribution >= 4 is 95.5 Å². The minimum Gasteiger partial charge on any atom is -0.506 e. The molecule has 0 saturated carbocycles. The number of aryl methyl sites for hydroxylation is 4. The third-order valence-electron chi connectivity index (χ3n) is 17.1. The van der Waals surface area contributed by atoms with E-state index in [-0.39, 0.29) is 52.1 Å². The summed E-state index contributed by atoms with van der Waals surface area (Å²) in [5.41, 5.74) is 12.9. The number of nitrogens with zero attached hydrogens (tertiary/aromatic N) is 5. The van der Waals surface area contributed by atoms with Crippen LogP contribution in [0.15, 0.2) is 255 Å². The van der Waals surface area contributed by atoms with Crippen LogP contribution in [0.3, 0.4) is 0 Å². The van der Waals surface area contributed by atoms with Crippen LogP contribution in [-0.2, 0) is 34.2 Å². The summed E-state index contributed by atoms with van der Waals surface area (Å²) in [6.07, 6.45) is 1.28. The summed E-state index contributed by atoms with van der Waals surface area (Å²) in [6, 6.07) is 78.9. The lowest BCUT2D eigenvalue weighted by atomic mass is 9.98. The van der Waals surface area contributed by atoms with Crippen molar-refractivity contribution < 1.29 is 58.2 Å². The minimum atomic E-state index is -0.411. The van der Waals surface area contributed by atoms with E-state index in [0.29, 0.717) is 91.2 Å². The van der Waals surface area contributed by atoms with Crippen LogP contribution >= 0.6 is 11.6 Å². The van der Waals surface area contributed by atoms with Gasteiger partial charge in [0.25, 0.3) is 11.8 Å². The SMILES string of the molecule is CC(=O)Cl.CC(=O)N(Cc1cc(C(=O)NCCCOc2ccc(C)cc2C)c(O)c2ccccc12)c1ccccc1.Cc1ccc(OCCCNC(=O)c2cc(CNc3ccccc3)c3ccccc3c2O)c(C)c1.O=C(Oc1ccccc1)c1ccc2n[nH]nc2c1.c1ccc(OOCc2ccc3n[nH]nc3c2)cc1. The molecule has 111 heavy (non-hydrogen) atoms. The number of aromatic amines is 2. The highest BCUT2D eigenvalue weighted by Crippen LogP contribution is 2.35. The van der Waals surface area contributed by atoms with Crippen LogP contribution in [0, 0.1) is 27.7 Å². The van der Waals surface area contributed by atoms with Crippen LogP contribution in [0.25, 0.3) is 43.6 Å². The molecule has 0 aliphatic heterocycles. The summed E-state index contributed by atoms with van der Waals surface area (Å²) in [5, 5.41) is 54.5. The molecule has 0 fully saturated rings. The Morgan fingerprint density at radius 1 is 0.477 bits per heavy atom. The number of aromatic nitrogens is 6. The highest BCUT2D eigenvalue weighted by molar-refractivity contribution is 6.62. The van der Waals surface area contributed by atoms with E-state index in [2.05, 4.69) is 77.4 Å². The molecule has 0 bridgehead atoms. The van der Waals surface area contributed by atoms with Gasteiger partial charge in [0.2, 0.25) is 11.1 Å². The van der Waals surface area contributed by atoms with E-state index in [9.17, 15) is 34.2 Å². The number of anilines is 2. The minimum absolute atomic E-state index is 0.00286. The van der Waals surface area contributed by atoms with E-state index in [1.165, 1.54) is 25.0 Å². The fraction of sp³-hybridized carbons (Fsp3) is 0.170. The Morgan fingerprint density at radius 2 is 0.928 bits per heavy atom. The maximum absolute atomic E-state index is 13.1. The number of H-pyrrole nitrogens is 2. The number of esters is 1. The molecule has 23 heteroatoms. The number of fused-ring (bicyclic) bond motifs is 4. The van der Waals surface area contributed by atoms with Crippen molar-refractivity contribution in [2.75, 3.05) is 36.5 Å². The third-order valence-corrected chi connectivity index (χ3v) is 17.1. The lowest BCUT2D eigenvalue weighted by Crippen LogP contribution is -2.29. The number of hydrogen-bond donors (Lipinski definition) is 7. The Hall–Kier alpha value is -13.4. The topological polar surface area (TPSA) is 294 Å². The first-order valence-corrected chi connectivity index (χ1v) is 36.2. The van der Waals surface area contributed by atoms with E-state index < -0.39 is 5.97 Å². The standard InChI is InChI=1S/C31H32N2O4.C29H30N2O3.C13H11N3O2.C13H9N3O2.C2H3ClO/c1-21-14-15-29(22(2)18-21)37-17-9-16-32-31(36)28-19-24(26-12-7-8-13-27(26)30(28)35)20-33(23(3)34)25-10-5-4-6-11-25;1-20-13-14-27(21(2)17-20)34-16-8-15-30-29(33)26-18-22(19-31-23-9-4-3-5-10-23)24-11-6-7-12-25(24)28(26)32;1-2-4-11(5-3-1)18-17-9-10-6-7-12-13(8-10)15-16-14-12;17-13(18-10-4-2-1-3-5-10)9-6-7-11-12(8-9)15-16-14-11;1-2(3)4/h4-8,10-15,18-19,35H,9,16-17,20H2,1-3H3,(H,32,36);3-7,9-14,17-18,31-32H,8,15-16,19H2,1-2H3,(H,30,33);1-8H,9H2,(H,14,15,16);1-8H,(H,14,15,16);1H3. The van der Waals surface area contributed by atoms with Crippen molar-refractivity contribution in [1.82, 2.24) is 41.5 Å². The number of halogens is 1. The van der Waals surface area contributed by atoms with E-state index >= 15 is 0 Å². The van der Waals surface area contributed by atoms with E-state index in [1.54, 1.807) is 53.4 Å². The van der Waals surface area contributed by atoms with Crippen molar-refractivity contribution in [1.29, 1.82) is 0 Å². The number of amides is 3. The van der Waals surface area contributed by atoms with E-state index in [0.717, 1.165) is 72.5 Å². The molecule has 14 rings (SSSR count). The number of ether oxygens (including phenoxy) is 3. The Bertz CT molecular complexity index is 5440. The number of aromatic hydroxyl groups is 2. The molecule has 12 aromatic carbocycles. The molecule has 0 unspecified atom stereocenters. The van der Waals surface area contributed by atoms with Crippen LogP contribution in [0.5, 0.6) is 34.5 Å². The van der Waals surface area contributed by atoms with Gasteiger partial charge in [0.1, 0.15) is 57.4 Å². The average molecular weight is 1510 g/mol. The van der Waals surface area contributed by atoms with Crippen molar-refractivity contribution in [3.8, 4) is 34.5 Å². The molecule has 3 amide bonds. The smallest absolute Gasteiger partial charge is 0.343 e.